The van der Waals surface area contributed by atoms with Crippen molar-refractivity contribution in [1.29, 1.82) is 0 Å². The maximum Gasteiger partial charge on any atom is 0.354 e. The number of carboxylic acid groups (broad SMARTS) is 1. The monoisotopic (exact) mass is 289 g/mol. The predicted octanol–water partition coefficient (Wildman–Crippen LogP) is 2.37. The summed E-state index contributed by atoms with van der Waals surface area (Å²) in [5, 5.41) is 13.9. The van der Waals surface area contributed by atoms with Crippen LogP contribution < -0.4 is 5.32 Å². The fraction of sp³-hybridized carbons (Fsp3) is 0.231. The van der Waals surface area contributed by atoms with E-state index < -0.39 is 11.9 Å². The van der Waals surface area contributed by atoms with Crippen LogP contribution in [0.25, 0.3) is 0 Å². The quantitative estimate of drug-likeness (QED) is 0.901. The third-order valence-corrected chi connectivity index (χ3v) is 3.71. The van der Waals surface area contributed by atoms with Gasteiger partial charge in [-0.3, -0.25) is 10.1 Å². The highest BCUT2D eigenvalue weighted by Gasteiger charge is 2.26. The lowest BCUT2D eigenvalue weighted by atomic mass is 10.3. The van der Waals surface area contributed by atoms with Crippen LogP contribution in [0.2, 0.25) is 0 Å². The molecule has 1 amide bonds. The van der Waals surface area contributed by atoms with Gasteiger partial charge < -0.3 is 5.11 Å². The first kappa shape index (κ1) is 12.7. The van der Waals surface area contributed by atoms with Crippen LogP contribution in [0.4, 0.5) is 5.13 Å². The number of hydrogen-bond donors (Lipinski definition) is 2. The number of carbonyl (C=O) groups excluding carboxylic acids is 1. The molecule has 0 atom stereocenters. The molecular weight excluding hydrogens is 278 g/mol. The van der Waals surface area contributed by atoms with Gasteiger partial charge in [-0.25, -0.2) is 14.8 Å². The Morgan fingerprint density at radius 1 is 1.25 bits per heavy atom. The lowest BCUT2D eigenvalue weighted by Gasteiger charge is -2.01. The molecule has 0 radical (unpaired) electrons. The minimum atomic E-state index is -1.16. The molecule has 1 aliphatic rings. The molecule has 2 aromatic heterocycles. The number of hydrogen-bond acceptors (Lipinski definition) is 5. The number of amides is 1. The Balaban J connectivity index is 1.74. The molecule has 0 aromatic carbocycles. The summed E-state index contributed by atoms with van der Waals surface area (Å²) in [6.45, 7) is 0. The number of aromatic nitrogens is 2. The second-order valence-corrected chi connectivity index (χ2v) is 5.38. The Bertz CT molecular complexity index is 679. The van der Waals surface area contributed by atoms with Crippen molar-refractivity contribution in [2.75, 3.05) is 5.32 Å². The SMILES string of the molecule is O=C(O)c1cccc(C(=O)Nc2nc(C3CC3)cs2)n1. The van der Waals surface area contributed by atoms with Crippen molar-refractivity contribution in [2.24, 2.45) is 0 Å². The molecule has 0 unspecified atom stereocenters. The topological polar surface area (TPSA) is 92.2 Å². The molecule has 0 bridgehead atoms. The van der Waals surface area contributed by atoms with Gasteiger partial charge in [0, 0.05) is 11.3 Å². The van der Waals surface area contributed by atoms with Crippen molar-refractivity contribution >= 4 is 28.3 Å². The fourth-order valence-electron chi connectivity index (χ4n) is 1.75. The third-order valence-electron chi connectivity index (χ3n) is 2.94. The van der Waals surface area contributed by atoms with Crippen LogP contribution in [-0.2, 0) is 0 Å². The summed E-state index contributed by atoms with van der Waals surface area (Å²) >= 11 is 1.36. The van der Waals surface area contributed by atoms with E-state index in [1.54, 1.807) is 0 Å². The van der Waals surface area contributed by atoms with Crippen LogP contribution in [0.1, 0.15) is 45.4 Å². The summed E-state index contributed by atoms with van der Waals surface area (Å²) < 4.78 is 0. The van der Waals surface area contributed by atoms with Gasteiger partial charge in [0.1, 0.15) is 11.4 Å². The zero-order valence-corrected chi connectivity index (χ0v) is 11.2. The van der Waals surface area contributed by atoms with Crippen molar-refractivity contribution in [1.82, 2.24) is 9.97 Å². The molecule has 0 spiro atoms. The largest absolute Gasteiger partial charge is 0.477 e. The molecule has 3 rings (SSSR count). The summed E-state index contributed by atoms with van der Waals surface area (Å²) in [6.07, 6.45) is 2.30. The number of carbonyl (C=O) groups is 2. The summed E-state index contributed by atoms with van der Waals surface area (Å²) in [7, 11) is 0. The Hall–Kier alpha value is -2.28. The molecule has 1 saturated carbocycles. The van der Waals surface area contributed by atoms with E-state index in [0.717, 1.165) is 18.5 Å². The first-order chi connectivity index (χ1) is 9.63. The highest BCUT2D eigenvalue weighted by Crippen LogP contribution is 2.40. The average Bonchev–Trinajstić information content (AvgIpc) is 3.20. The number of anilines is 1. The van der Waals surface area contributed by atoms with E-state index in [0.29, 0.717) is 11.0 Å². The van der Waals surface area contributed by atoms with Gasteiger partial charge in [0.15, 0.2) is 5.13 Å². The number of nitrogens with zero attached hydrogens (tertiary/aromatic N) is 2. The second-order valence-electron chi connectivity index (χ2n) is 4.52. The third kappa shape index (κ3) is 2.67. The van der Waals surface area contributed by atoms with Gasteiger partial charge in [0.2, 0.25) is 0 Å². The normalized spacial score (nSPS) is 14.0. The number of thiazole rings is 1. The van der Waals surface area contributed by atoms with Crippen LogP contribution in [0.5, 0.6) is 0 Å². The second kappa shape index (κ2) is 5.01. The van der Waals surface area contributed by atoms with Gasteiger partial charge in [-0.15, -0.1) is 11.3 Å². The lowest BCUT2D eigenvalue weighted by Crippen LogP contribution is -2.15. The molecule has 1 fully saturated rings. The van der Waals surface area contributed by atoms with E-state index >= 15 is 0 Å². The Morgan fingerprint density at radius 3 is 2.70 bits per heavy atom. The molecular formula is C13H11N3O3S. The number of pyridine rings is 1. The summed E-state index contributed by atoms with van der Waals surface area (Å²) in [5.74, 6) is -1.08. The first-order valence-corrected chi connectivity index (χ1v) is 6.98. The van der Waals surface area contributed by atoms with Gasteiger partial charge in [-0.1, -0.05) is 6.07 Å². The zero-order valence-electron chi connectivity index (χ0n) is 10.4. The van der Waals surface area contributed by atoms with Gasteiger partial charge in [-0.2, -0.15) is 0 Å². The van der Waals surface area contributed by atoms with Crippen LogP contribution in [0, 0.1) is 0 Å². The highest BCUT2D eigenvalue weighted by atomic mass is 32.1. The van der Waals surface area contributed by atoms with Gasteiger partial charge >= 0.3 is 5.97 Å². The fourth-order valence-corrected chi connectivity index (χ4v) is 2.54. The molecule has 2 aromatic rings. The van der Waals surface area contributed by atoms with Crippen LogP contribution >= 0.6 is 11.3 Å². The van der Waals surface area contributed by atoms with E-state index in [1.165, 1.54) is 29.5 Å². The number of carboxylic acids is 1. The number of aromatic carboxylic acids is 1. The number of rotatable bonds is 4. The summed E-state index contributed by atoms with van der Waals surface area (Å²) in [5.41, 5.74) is 0.918. The molecule has 2 heterocycles. The van der Waals surface area contributed by atoms with Crippen molar-refractivity contribution in [3.05, 3.63) is 40.7 Å². The Kier molecular flexibility index (Phi) is 3.19. The highest BCUT2D eigenvalue weighted by molar-refractivity contribution is 7.14. The van der Waals surface area contributed by atoms with Crippen molar-refractivity contribution < 1.29 is 14.7 Å². The van der Waals surface area contributed by atoms with E-state index in [1.807, 2.05) is 5.38 Å². The van der Waals surface area contributed by atoms with E-state index in [-0.39, 0.29) is 11.4 Å². The lowest BCUT2D eigenvalue weighted by molar-refractivity contribution is 0.0690. The van der Waals surface area contributed by atoms with Crippen LogP contribution in [0.15, 0.2) is 23.6 Å². The Labute approximate surface area is 118 Å². The van der Waals surface area contributed by atoms with Gasteiger partial charge in [-0.05, 0) is 25.0 Å². The van der Waals surface area contributed by atoms with Gasteiger partial charge in [0.05, 0.1) is 5.69 Å². The Morgan fingerprint density at radius 2 is 2.00 bits per heavy atom. The molecule has 6 nitrogen and oxygen atoms in total. The molecule has 2 N–H and O–H groups in total. The van der Waals surface area contributed by atoms with Crippen molar-refractivity contribution in [3.63, 3.8) is 0 Å². The standard InChI is InChI=1S/C13H11N3O3S/c17-11(8-2-1-3-9(14-8)12(18)19)16-13-15-10(6-20-13)7-4-5-7/h1-3,6-7H,4-5H2,(H,18,19)(H,15,16,17). The smallest absolute Gasteiger partial charge is 0.354 e. The van der Waals surface area contributed by atoms with Crippen LogP contribution in [0.3, 0.4) is 0 Å². The summed E-state index contributed by atoms with van der Waals surface area (Å²) in [4.78, 5) is 30.9. The zero-order chi connectivity index (χ0) is 14.1. The number of nitrogens with one attached hydrogen (secondary N) is 1. The van der Waals surface area contributed by atoms with Crippen molar-refractivity contribution in [2.45, 2.75) is 18.8 Å². The van der Waals surface area contributed by atoms with Crippen LogP contribution in [-0.4, -0.2) is 27.0 Å². The van der Waals surface area contributed by atoms with E-state index in [9.17, 15) is 9.59 Å². The van der Waals surface area contributed by atoms with E-state index in [4.69, 9.17) is 5.11 Å². The van der Waals surface area contributed by atoms with Crippen molar-refractivity contribution in [3.8, 4) is 0 Å². The molecule has 0 aliphatic heterocycles. The minimum Gasteiger partial charge on any atom is -0.477 e. The maximum absolute atomic E-state index is 12.0. The maximum atomic E-state index is 12.0. The molecule has 7 heteroatoms. The molecule has 102 valence electrons. The predicted molar refractivity (Wildman–Crippen MR) is 73.2 cm³/mol. The van der Waals surface area contributed by atoms with Gasteiger partial charge in [0.25, 0.3) is 5.91 Å². The molecule has 1 aliphatic carbocycles. The first-order valence-electron chi connectivity index (χ1n) is 6.10. The summed E-state index contributed by atoms with van der Waals surface area (Å²) in [6, 6.07) is 4.30. The molecule has 0 saturated heterocycles. The average molecular weight is 289 g/mol. The minimum absolute atomic E-state index is 0.0630. The molecule has 20 heavy (non-hydrogen) atoms. The van der Waals surface area contributed by atoms with E-state index in [2.05, 4.69) is 15.3 Å².